The van der Waals surface area contributed by atoms with Gasteiger partial charge in [0.05, 0.1) is 4.47 Å². The number of halogens is 1. The standard InChI is InChI=1S/C9H7BrN4/c10-7-5-13-9(14-8(7)11)6-1-3-12-4-2-6/h1-5H,(H2,11,13,14). The van der Waals surface area contributed by atoms with Crippen LogP contribution in [0.4, 0.5) is 5.82 Å². The van der Waals surface area contributed by atoms with Gasteiger partial charge in [0.2, 0.25) is 0 Å². The molecule has 0 spiro atoms. The lowest BCUT2D eigenvalue weighted by atomic mass is 10.2. The average Bonchev–Trinajstić information content (AvgIpc) is 2.23. The summed E-state index contributed by atoms with van der Waals surface area (Å²) in [5.41, 5.74) is 6.55. The van der Waals surface area contributed by atoms with Gasteiger partial charge in [0.1, 0.15) is 5.82 Å². The van der Waals surface area contributed by atoms with E-state index in [-0.39, 0.29) is 0 Å². The van der Waals surface area contributed by atoms with Crippen LogP contribution in [0, 0.1) is 0 Å². The second kappa shape index (κ2) is 3.71. The van der Waals surface area contributed by atoms with Crippen LogP contribution < -0.4 is 5.73 Å². The minimum atomic E-state index is 0.437. The van der Waals surface area contributed by atoms with E-state index in [0.717, 1.165) is 5.56 Å². The molecule has 5 heteroatoms. The highest BCUT2D eigenvalue weighted by Crippen LogP contribution is 2.19. The summed E-state index contributed by atoms with van der Waals surface area (Å²) in [4.78, 5) is 12.2. The molecule has 0 bridgehead atoms. The predicted octanol–water partition coefficient (Wildman–Crippen LogP) is 1.88. The highest BCUT2D eigenvalue weighted by molar-refractivity contribution is 9.10. The van der Waals surface area contributed by atoms with Crippen LogP contribution in [-0.2, 0) is 0 Å². The van der Waals surface area contributed by atoms with E-state index >= 15 is 0 Å². The molecule has 0 amide bonds. The average molecular weight is 251 g/mol. The monoisotopic (exact) mass is 250 g/mol. The van der Waals surface area contributed by atoms with Gasteiger partial charge in [-0.15, -0.1) is 0 Å². The van der Waals surface area contributed by atoms with Crippen LogP contribution in [0.25, 0.3) is 11.4 Å². The van der Waals surface area contributed by atoms with Gasteiger partial charge >= 0.3 is 0 Å². The van der Waals surface area contributed by atoms with E-state index in [9.17, 15) is 0 Å². The third-order valence-electron chi connectivity index (χ3n) is 1.71. The van der Waals surface area contributed by atoms with E-state index in [1.165, 1.54) is 0 Å². The molecule has 0 atom stereocenters. The van der Waals surface area contributed by atoms with Crippen molar-refractivity contribution >= 4 is 21.7 Å². The highest BCUT2D eigenvalue weighted by atomic mass is 79.9. The molecule has 0 saturated carbocycles. The SMILES string of the molecule is Nc1nc(-c2ccncc2)ncc1Br. The maximum absolute atomic E-state index is 5.64. The van der Waals surface area contributed by atoms with E-state index in [1.54, 1.807) is 18.6 Å². The highest BCUT2D eigenvalue weighted by Gasteiger charge is 2.03. The Labute approximate surface area is 89.4 Å². The molecule has 0 aliphatic rings. The van der Waals surface area contributed by atoms with Crippen LogP contribution in [0.15, 0.2) is 35.2 Å². The van der Waals surface area contributed by atoms with Gasteiger partial charge in [-0.1, -0.05) is 0 Å². The number of anilines is 1. The first-order valence-electron chi connectivity index (χ1n) is 3.96. The Morgan fingerprint density at radius 2 is 1.93 bits per heavy atom. The van der Waals surface area contributed by atoms with Crippen LogP contribution in [0.2, 0.25) is 0 Å². The first-order valence-corrected chi connectivity index (χ1v) is 4.75. The molecule has 70 valence electrons. The number of hydrogen-bond acceptors (Lipinski definition) is 4. The molecule has 2 aromatic rings. The van der Waals surface area contributed by atoms with Gasteiger partial charge in [-0.25, -0.2) is 9.97 Å². The van der Waals surface area contributed by atoms with Crippen LogP contribution >= 0.6 is 15.9 Å². The third kappa shape index (κ3) is 1.72. The molecule has 0 fully saturated rings. The fourth-order valence-electron chi connectivity index (χ4n) is 1.02. The predicted molar refractivity (Wildman–Crippen MR) is 57.4 cm³/mol. The summed E-state index contributed by atoms with van der Waals surface area (Å²) in [5.74, 6) is 1.04. The molecule has 2 rings (SSSR count). The first kappa shape index (κ1) is 9.08. The minimum Gasteiger partial charge on any atom is -0.383 e. The Hall–Kier alpha value is -1.49. The molecular weight excluding hydrogens is 244 g/mol. The molecule has 2 heterocycles. The summed E-state index contributed by atoms with van der Waals surface area (Å²) >= 11 is 3.24. The summed E-state index contributed by atoms with van der Waals surface area (Å²) in [7, 11) is 0. The zero-order chi connectivity index (χ0) is 9.97. The lowest BCUT2D eigenvalue weighted by molar-refractivity contribution is 1.16. The summed E-state index contributed by atoms with van der Waals surface area (Å²) < 4.78 is 0.704. The van der Waals surface area contributed by atoms with E-state index in [2.05, 4.69) is 30.9 Å². The van der Waals surface area contributed by atoms with Crippen LogP contribution in [-0.4, -0.2) is 15.0 Å². The molecule has 0 aromatic carbocycles. The maximum Gasteiger partial charge on any atom is 0.161 e. The van der Waals surface area contributed by atoms with Gasteiger partial charge in [0, 0.05) is 24.2 Å². The Morgan fingerprint density at radius 3 is 2.57 bits per heavy atom. The van der Waals surface area contributed by atoms with Gasteiger partial charge < -0.3 is 5.73 Å². The molecule has 2 aromatic heterocycles. The summed E-state index contributed by atoms with van der Waals surface area (Å²) in [5, 5.41) is 0. The summed E-state index contributed by atoms with van der Waals surface area (Å²) in [6.45, 7) is 0. The van der Waals surface area contributed by atoms with Gasteiger partial charge in [-0.3, -0.25) is 4.98 Å². The quantitative estimate of drug-likeness (QED) is 0.840. The van der Waals surface area contributed by atoms with Crippen LogP contribution in [0.3, 0.4) is 0 Å². The van der Waals surface area contributed by atoms with Crippen molar-refractivity contribution < 1.29 is 0 Å². The lowest BCUT2D eigenvalue weighted by Crippen LogP contribution is -1.96. The van der Waals surface area contributed by atoms with Gasteiger partial charge in [0.25, 0.3) is 0 Å². The summed E-state index contributed by atoms with van der Waals surface area (Å²) in [6.07, 6.45) is 5.02. The number of nitrogen functional groups attached to an aromatic ring is 1. The van der Waals surface area contributed by atoms with E-state index in [1.807, 2.05) is 12.1 Å². The molecule has 4 nitrogen and oxygen atoms in total. The number of aromatic nitrogens is 3. The number of rotatable bonds is 1. The molecule has 0 radical (unpaired) electrons. The molecule has 0 unspecified atom stereocenters. The van der Waals surface area contributed by atoms with Gasteiger partial charge in [0.15, 0.2) is 5.82 Å². The zero-order valence-electron chi connectivity index (χ0n) is 7.18. The largest absolute Gasteiger partial charge is 0.383 e. The number of nitrogens with two attached hydrogens (primary N) is 1. The van der Waals surface area contributed by atoms with Crippen LogP contribution in [0.5, 0.6) is 0 Å². The fourth-order valence-corrected chi connectivity index (χ4v) is 1.21. The zero-order valence-corrected chi connectivity index (χ0v) is 8.77. The Kier molecular flexibility index (Phi) is 2.41. The van der Waals surface area contributed by atoms with Gasteiger partial charge in [-0.2, -0.15) is 0 Å². The van der Waals surface area contributed by atoms with Crippen molar-refractivity contribution in [2.24, 2.45) is 0 Å². The fraction of sp³-hybridized carbons (Fsp3) is 0. The minimum absolute atomic E-state index is 0.437. The van der Waals surface area contributed by atoms with Crippen molar-refractivity contribution in [3.05, 3.63) is 35.2 Å². The van der Waals surface area contributed by atoms with Crippen molar-refractivity contribution in [1.29, 1.82) is 0 Å². The lowest BCUT2D eigenvalue weighted by Gasteiger charge is -2.01. The summed E-state index contributed by atoms with van der Waals surface area (Å²) in [6, 6.07) is 3.67. The normalized spacial score (nSPS) is 10.1. The first-order chi connectivity index (χ1) is 6.77. The Bertz CT molecular complexity index is 444. The molecule has 2 N–H and O–H groups in total. The molecule has 0 saturated heterocycles. The second-order valence-corrected chi connectivity index (χ2v) is 3.52. The van der Waals surface area contributed by atoms with Crippen molar-refractivity contribution in [3.63, 3.8) is 0 Å². The maximum atomic E-state index is 5.64. The van der Waals surface area contributed by atoms with E-state index < -0.39 is 0 Å². The van der Waals surface area contributed by atoms with Crippen molar-refractivity contribution in [2.45, 2.75) is 0 Å². The van der Waals surface area contributed by atoms with Crippen LogP contribution in [0.1, 0.15) is 0 Å². The molecular formula is C9H7BrN4. The number of pyridine rings is 1. The van der Waals surface area contributed by atoms with E-state index in [4.69, 9.17) is 5.73 Å². The number of nitrogens with zero attached hydrogens (tertiary/aromatic N) is 3. The topological polar surface area (TPSA) is 64.7 Å². The molecule has 14 heavy (non-hydrogen) atoms. The Balaban J connectivity index is 2.48. The van der Waals surface area contributed by atoms with Crippen molar-refractivity contribution in [3.8, 4) is 11.4 Å². The van der Waals surface area contributed by atoms with Crippen molar-refractivity contribution in [1.82, 2.24) is 15.0 Å². The third-order valence-corrected chi connectivity index (χ3v) is 2.32. The second-order valence-electron chi connectivity index (χ2n) is 2.66. The molecule has 0 aliphatic heterocycles. The van der Waals surface area contributed by atoms with E-state index in [0.29, 0.717) is 16.1 Å². The number of hydrogen-bond donors (Lipinski definition) is 1. The van der Waals surface area contributed by atoms with Gasteiger partial charge in [-0.05, 0) is 28.1 Å². The Morgan fingerprint density at radius 1 is 1.21 bits per heavy atom. The smallest absolute Gasteiger partial charge is 0.161 e. The van der Waals surface area contributed by atoms with Crippen molar-refractivity contribution in [2.75, 3.05) is 5.73 Å². The molecule has 0 aliphatic carbocycles.